The van der Waals surface area contributed by atoms with Crippen LogP contribution in [-0.4, -0.2) is 122 Å². The van der Waals surface area contributed by atoms with Gasteiger partial charge < -0.3 is 49.2 Å². The Hall–Kier alpha value is -3.56. The summed E-state index contributed by atoms with van der Waals surface area (Å²) in [6.45, 7) is -0.682. The van der Waals surface area contributed by atoms with E-state index >= 15 is 8.78 Å². The second-order valence-electron chi connectivity index (χ2n) is 10.4. The predicted molar refractivity (Wildman–Crippen MR) is 161 cm³/mol. The summed E-state index contributed by atoms with van der Waals surface area (Å²) in [6, 6.07) is 0. The van der Waals surface area contributed by atoms with E-state index in [1.165, 1.54) is 34.4 Å². The van der Waals surface area contributed by atoms with Crippen LogP contribution in [0.5, 0.6) is 0 Å². The molecule has 0 aromatic carbocycles. The van der Waals surface area contributed by atoms with Gasteiger partial charge in [0.2, 0.25) is 0 Å². The molecule has 4 unspecified atom stereocenters. The number of hydrogen-bond donors (Lipinski definition) is 6. The zero-order chi connectivity index (χ0) is 33.9. The van der Waals surface area contributed by atoms with Gasteiger partial charge in [0.1, 0.15) is 37.1 Å². The van der Waals surface area contributed by atoms with Gasteiger partial charge in [-0.25, -0.2) is 38.7 Å². The number of ether oxygens (including phenoxy) is 2. The van der Waals surface area contributed by atoms with Crippen LogP contribution in [0.25, 0.3) is 22.3 Å². The van der Waals surface area contributed by atoms with Crippen molar-refractivity contribution in [2.24, 2.45) is 0 Å². The molecular weight excluding hydrogens is 688 g/mol. The van der Waals surface area contributed by atoms with E-state index in [-0.39, 0.29) is 11.3 Å². The number of nitrogens with one attached hydrogen (secondary N) is 2. The molecule has 48 heavy (non-hydrogen) atoms. The van der Waals surface area contributed by atoms with Crippen molar-refractivity contribution in [1.82, 2.24) is 39.0 Å². The molecular formula is C24H30F2N10O10P2. The Morgan fingerprint density at radius 2 is 1.17 bits per heavy atom. The van der Waals surface area contributed by atoms with Crippen molar-refractivity contribution in [3.05, 3.63) is 37.5 Å². The highest BCUT2D eigenvalue weighted by Gasteiger charge is 2.49. The molecule has 24 heteroatoms. The van der Waals surface area contributed by atoms with Gasteiger partial charge in [0.25, 0.3) is 0 Å². The summed E-state index contributed by atoms with van der Waals surface area (Å²) in [4.78, 5) is 43.5. The summed E-state index contributed by atoms with van der Waals surface area (Å²) in [5.41, 5.74) is 1.03. The number of hydrogen-bond acceptors (Lipinski definition) is 16. The Morgan fingerprint density at radius 3 is 1.54 bits per heavy atom. The van der Waals surface area contributed by atoms with Crippen molar-refractivity contribution in [3.8, 4) is 0 Å². The molecule has 6 heterocycles. The van der Waals surface area contributed by atoms with E-state index in [0.29, 0.717) is 35.8 Å². The fourth-order valence-electron chi connectivity index (χ4n) is 5.46. The molecule has 0 aliphatic carbocycles. The van der Waals surface area contributed by atoms with Gasteiger partial charge in [-0.05, 0) is 0 Å². The van der Waals surface area contributed by atoms with Crippen LogP contribution in [0.3, 0.4) is 0 Å². The Bertz CT molecular complexity index is 1690. The summed E-state index contributed by atoms with van der Waals surface area (Å²) < 4.78 is 75.8. The molecule has 0 amide bonds. The number of fused-ring (bicyclic) bond motifs is 2. The van der Waals surface area contributed by atoms with E-state index in [2.05, 4.69) is 40.5 Å². The average molecular weight is 719 g/mol. The van der Waals surface area contributed by atoms with E-state index in [9.17, 15) is 19.3 Å². The molecule has 260 valence electrons. The molecule has 6 rings (SSSR count). The van der Waals surface area contributed by atoms with Crippen LogP contribution in [0, 0.1) is 0 Å². The van der Waals surface area contributed by atoms with E-state index in [0.717, 1.165) is 0 Å². The number of alkyl halides is 2. The third-order valence-corrected chi connectivity index (χ3v) is 8.52. The zero-order valence-corrected chi connectivity index (χ0v) is 26.5. The molecule has 4 aromatic heterocycles. The summed E-state index contributed by atoms with van der Waals surface area (Å²) in [5, 5.41) is 25.2. The number of aromatic nitrogens is 8. The quantitative estimate of drug-likeness (QED) is 0.0742. The SMILES string of the molecule is O=[PH](O)O[C@@H]1C(CO)O[C@@H](n2cnc3c(NC/C=C/CNc4ncnc5c4ncn5[C@@H]4OC(CO)[C@@H](O[PH](=O)O)[C@H]4F)ncnc32)[C@@H]1F. The first-order valence-corrected chi connectivity index (χ1v) is 16.8. The van der Waals surface area contributed by atoms with Gasteiger partial charge in [-0.2, -0.15) is 0 Å². The summed E-state index contributed by atoms with van der Waals surface area (Å²) >= 11 is 0. The third kappa shape index (κ3) is 6.81. The molecule has 0 bridgehead atoms. The molecule has 20 nitrogen and oxygen atoms in total. The highest BCUT2D eigenvalue weighted by molar-refractivity contribution is 7.32. The molecule has 0 saturated carbocycles. The number of aliphatic hydroxyl groups excluding tert-OH is 2. The number of halogens is 2. The summed E-state index contributed by atoms with van der Waals surface area (Å²) in [7, 11) is -6.98. The van der Waals surface area contributed by atoms with Gasteiger partial charge in [0.05, 0.1) is 25.9 Å². The Morgan fingerprint density at radius 1 is 0.750 bits per heavy atom. The molecule has 4 aromatic rings. The largest absolute Gasteiger partial charge is 0.394 e. The molecule has 2 fully saturated rings. The summed E-state index contributed by atoms with van der Waals surface area (Å²) in [6.07, 6.45) is -3.08. The maximum Gasteiger partial charge on any atom is 0.317 e. The molecule has 2 aliphatic heterocycles. The van der Waals surface area contributed by atoms with Crippen molar-refractivity contribution in [3.63, 3.8) is 0 Å². The van der Waals surface area contributed by atoms with E-state index in [4.69, 9.17) is 28.3 Å². The van der Waals surface area contributed by atoms with Crippen molar-refractivity contribution >= 4 is 50.5 Å². The molecule has 0 spiro atoms. The van der Waals surface area contributed by atoms with Crippen molar-refractivity contribution in [1.29, 1.82) is 0 Å². The molecule has 0 radical (unpaired) electrons. The van der Waals surface area contributed by atoms with E-state index in [1.54, 1.807) is 12.2 Å². The minimum Gasteiger partial charge on any atom is -0.394 e. The maximum atomic E-state index is 15.2. The standard InChI is InChI=1S/C24H30F2N10O10P2/c25-13-17(45-47(39)40)11(5-37)43-23(13)35-9-33-15-19(29-7-31-21(15)35)27-3-1-2-4-28-20-16-22(32-8-30-20)36(10-34-16)24-14(26)18(46-48(41)42)12(6-38)44-24/h1-2,7-14,17-18,23-24,37-38,47-48H,3-6H2,(H,39,40)(H,41,42)(H,27,29,31)(H,28,30,32)/b2-1+/t11?,12?,13-,14-,17-,18-,23-,24-/m1/s1. The fraction of sp³-hybridized carbons (Fsp3) is 0.500. The molecule has 10 atom stereocenters. The Kier molecular flexibility index (Phi) is 10.7. The van der Waals surface area contributed by atoms with Crippen LogP contribution < -0.4 is 10.6 Å². The molecule has 2 saturated heterocycles. The van der Waals surface area contributed by atoms with Crippen molar-refractivity contribution in [2.45, 2.75) is 49.2 Å². The smallest absolute Gasteiger partial charge is 0.317 e. The first-order chi connectivity index (χ1) is 23.2. The lowest BCUT2D eigenvalue weighted by atomic mass is 10.1. The fourth-order valence-corrected chi connectivity index (χ4v) is 6.49. The number of anilines is 2. The number of imidazole rings is 2. The number of nitrogens with zero attached hydrogens (tertiary/aromatic N) is 8. The van der Waals surface area contributed by atoms with Crippen LogP contribution in [0.2, 0.25) is 0 Å². The minimum atomic E-state index is -3.49. The topological polar surface area (TPSA) is 263 Å². The Balaban J connectivity index is 1.07. The van der Waals surface area contributed by atoms with Crippen LogP contribution in [0.4, 0.5) is 20.4 Å². The maximum absolute atomic E-state index is 15.2. The first-order valence-electron chi connectivity index (χ1n) is 14.3. The number of aliphatic hydroxyl groups is 2. The number of rotatable bonds is 14. The highest BCUT2D eigenvalue weighted by Crippen LogP contribution is 2.40. The van der Waals surface area contributed by atoms with Crippen LogP contribution in [0.1, 0.15) is 12.5 Å². The van der Waals surface area contributed by atoms with Gasteiger partial charge >= 0.3 is 16.5 Å². The average Bonchev–Trinajstić information content (AvgIpc) is 3.83. The van der Waals surface area contributed by atoms with Crippen molar-refractivity contribution < 1.29 is 56.4 Å². The van der Waals surface area contributed by atoms with Gasteiger partial charge in [-0.3, -0.25) is 18.3 Å². The molecule has 6 N–H and O–H groups in total. The third-order valence-electron chi connectivity index (χ3n) is 7.57. The normalized spacial score (nSPS) is 28.9. The lowest BCUT2D eigenvalue weighted by molar-refractivity contribution is -0.0436. The zero-order valence-electron chi connectivity index (χ0n) is 24.5. The van der Waals surface area contributed by atoms with Gasteiger partial charge in [0.15, 0.2) is 58.8 Å². The predicted octanol–water partition coefficient (Wildman–Crippen LogP) is 0.0362. The van der Waals surface area contributed by atoms with Gasteiger partial charge in [-0.15, -0.1) is 0 Å². The van der Waals surface area contributed by atoms with Gasteiger partial charge in [-0.1, -0.05) is 12.2 Å². The second-order valence-corrected chi connectivity index (χ2v) is 11.9. The summed E-state index contributed by atoms with van der Waals surface area (Å²) in [5.74, 6) is 0.671. The first kappa shape index (κ1) is 34.3. The van der Waals surface area contributed by atoms with Crippen LogP contribution >= 0.6 is 16.5 Å². The monoisotopic (exact) mass is 718 g/mol. The molecule has 2 aliphatic rings. The van der Waals surface area contributed by atoms with Crippen LogP contribution in [0.15, 0.2) is 37.5 Å². The van der Waals surface area contributed by atoms with Crippen molar-refractivity contribution in [2.75, 3.05) is 36.9 Å². The second kappa shape index (κ2) is 14.9. The highest BCUT2D eigenvalue weighted by atomic mass is 31.1. The van der Waals surface area contributed by atoms with E-state index < -0.39 is 78.9 Å². The Labute approximate surface area is 269 Å². The minimum absolute atomic E-state index is 0.216. The van der Waals surface area contributed by atoms with Crippen LogP contribution in [-0.2, 0) is 27.7 Å². The van der Waals surface area contributed by atoms with E-state index in [1.807, 2.05) is 0 Å². The lowest BCUT2D eigenvalue weighted by Gasteiger charge is -2.16. The van der Waals surface area contributed by atoms with Gasteiger partial charge in [0, 0.05) is 13.1 Å². The lowest BCUT2D eigenvalue weighted by Crippen LogP contribution is -2.32.